The van der Waals surface area contributed by atoms with Crippen molar-refractivity contribution in [2.45, 2.75) is 23.9 Å². The van der Waals surface area contributed by atoms with Crippen molar-refractivity contribution in [1.82, 2.24) is 4.90 Å². The van der Waals surface area contributed by atoms with E-state index in [1.54, 1.807) is 0 Å². The number of amides is 1. The van der Waals surface area contributed by atoms with E-state index in [9.17, 15) is 9.00 Å². The zero-order valence-electron chi connectivity index (χ0n) is 16.2. The van der Waals surface area contributed by atoms with Gasteiger partial charge in [-0.25, -0.2) is 0 Å². The minimum Gasteiger partial charge on any atom is -0.377 e. The topological polar surface area (TPSA) is 62.2 Å². The highest BCUT2D eigenvalue weighted by Gasteiger charge is 2.48. The number of hydrogen-bond acceptors (Lipinski definition) is 5. The minimum absolute atomic E-state index is 0.00421. The molecule has 5 rings (SSSR count). The SMILES string of the molecule is CC1COCCN1C(=O)C1=NN(c2ccccc2)C2c3ccccc3S(=O)CC12. The molecule has 150 valence electrons. The molecule has 0 aromatic heterocycles. The molecule has 4 unspecified atom stereocenters. The first-order chi connectivity index (χ1) is 14.1. The van der Waals surface area contributed by atoms with Gasteiger partial charge >= 0.3 is 0 Å². The molecule has 0 spiro atoms. The van der Waals surface area contributed by atoms with E-state index in [1.807, 2.05) is 71.4 Å². The maximum atomic E-state index is 13.5. The Balaban J connectivity index is 1.59. The summed E-state index contributed by atoms with van der Waals surface area (Å²) in [5, 5.41) is 6.77. The molecular weight excluding hydrogens is 386 g/mol. The molecule has 0 aliphatic carbocycles. The lowest BCUT2D eigenvalue weighted by Gasteiger charge is -2.35. The van der Waals surface area contributed by atoms with Gasteiger partial charge in [0.05, 0.1) is 41.8 Å². The third kappa shape index (κ3) is 3.09. The first-order valence-electron chi connectivity index (χ1n) is 9.94. The van der Waals surface area contributed by atoms with E-state index in [0.717, 1.165) is 16.1 Å². The number of benzene rings is 2. The molecule has 0 radical (unpaired) electrons. The number of hydrazone groups is 1. The molecule has 7 heteroatoms. The third-order valence-electron chi connectivity index (χ3n) is 5.89. The number of hydrogen-bond donors (Lipinski definition) is 0. The minimum atomic E-state index is -1.15. The molecule has 1 fully saturated rings. The van der Waals surface area contributed by atoms with Crippen molar-refractivity contribution in [3.63, 3.8) is 0 Å². The Kier molecular flexibility index (Phi) is 4.72. The molecule has 2 aromatic rings. The van der Waals surface area contributed by atoms with Crippen molar-refractivity contribution in [2.24, 2.45) is 11.0 Å². The second-order valence-electron chi connectivity index (χ2n) is 7.69. The molecule has 29 heavy (non-hydrogen) atoms. The average molecular weight is 410 g/mol. The fourth-order valence-corrected chi connectivity index (χ4v) is 5.98. The molecule has 0 N–H and O–H groups in total. The Morgan fingerprint density at radius 2 is 1.90 bits per heavy atom. The summed E-state index contributed by atoms with van der Waals surface area (Å²) in [6, 6.07) is 17.6. The van der Waals surface area contributed by atoms with Crippen molar-refractivity contribution in [3.8, 4) is 0 Å². The summed E-state index contributed by atoms with van der Waals surface area (Å²) >= 11 is 0. The van der Waals surface area contributed by atoms with Gasteiger partial charge in [0.2, 0.25) is 0 Å². The molecule has 3 aliphatic heterocycles. The van der Waals surface area contributed by atoms with Gasteiger partial charge in [-0.3, -0.25) is 14.0 Å². The average Bonchev–Trinajstić information content (AvgIpc) is 3.14. The van der Waals surface area contributed by atoms with Crippen LogP contribution < -0.4 is 5.01 Å². The monoisotopic (exact) mass is 409 g/mol. The predicted octanol–water partition coefficient (Wildman–Crippen LogP) is 2.59. The Morgan fingerprint density at radius 3 is 2.69 bits per heavy atom. The Bertz CT molecular complexity index is 994. The zero-order valence-corrected chi connectivity index (χ0v) is 17.0. The molecule has 1 saturated heterocycles. The fourth-order valence-electron chi connectivity index (χ4n) is 4.45. The highest BCUT2D eigenvalue weighted by atomic mass is 32.2. The number of para-hydroxylation sites is 1. The van der Waals surface area contributed by atoms with Crippen LogP contribution in [-0.2, 0) is 20.3 Å². The van der Waals surface area contributed by atoms with Crippen LogP contribution >= 0.6 is 0 Å². The maximum absolute atomic E-state index is 13.5. The lowest BCUT2D eigenvalue weighted by molar-refractivity contribution is -0.131. The van der Waals surface area contributed by atoms with E-state index >= 15 is 0 Å². The normalized spacial score (nSPS) is 28.5. The Morgan fingerprint density at radius 1 is 1.14 bits per heavy atom. The molecule has 2 aromatic carbocycles. The molecule has 4 atom stereocenters. The third-order valence-corrected chi connectivity index (χ3v) is 7.42. The van der Waals surface area contributed by atoms with Crippen LogP contribution in [0.4, 0.5) is 5.69 Å². The van der Waals surface area contributed by atoms with Crippen LogP contribution in [0, 0.1) is 5.92 Å². The molecule has 3 aliphatic rings. The van der Waals surface area contributed by atoms with Gasteiger partial charge in [0.25, 0.3) is 5.91 Å². The van der Waals surface area contributed by atoms with Crippen LogP contribution in [0.2, 0.25) is 0 Å². The van der Waals surface area contributed by atoms with Gasteiger partial charge in [-0.2, -0.15) is 5.10 Å². The van der Waals surface area contributed by atoms with E-state index in [4.69, 9.17) is 9.84 Å². The lowest BCUT2D eigenvalue weighted by Crippen LogP contribution is -2.51. The largest absolute Gasteiger partial charge is 0.377 e. The molecule has 0 bridgehead atoms. The van der Waals surface area contributed by atoms with E-state index < -0.39 is 10.8 Å². The molecular formula is C22H23N3O3S. The summed E-state index contributed by atoms with van der Waals surface area (Å²) in [6.07, 6.45) is 0. The summed E-state index contributed by atoms with van der Waals surface area (Å²) in [5.41, 5.74) is 2.44. The number of carbonyl (C=O) groups excluding carboxylic acids is 1. The summed E-state index contributed by atoms with van der Waals surface area (Å²) in [7, 11) is -1.15. The van der Waals surface area contributed by atoms with Gasteiger partial charge in [0.15, 0.2) is 0 Å². The van der Waals surface area contributed by atoms with Crippen molar-refractivity contribution < 1.29 is 13.7 Å². The van der Waals surface area contributed by atoms with Gasteiger partial charge in [-0.05, 0) is 30.7 Å². The van der Waals surface area contributed by atoms with E-state index in [-0.39, 0.29) is 23.9 Å². The number of morpholine rings is 1. The Labute approximate surface area is 172 Å². The van der Waals surface area contributed by atoms with Crippen LogP contribution in [0.15, 0.2) is 64.6 Å². The van der Waals surface area contributed by atoms with E-state index in [1.165, 1.54) is 0 Å². The summed E-state index contributed by atoms with van der Waals surface area (Å²) in [5.74, 6) is 0.146. The van der Waals surface area contributed by atoms with Crippen molar-refractivity contribution in [3.05, 3.63) is 60.2 Å². The number of carbonyl (C=O) groups is 1. The van der Waals surface area contributed by atoms with Crippen molar-refractivity contribution >= 4 is 28.1 Å². The Hall–Kier alpha value is -2.51. The summed E-state index contributed by atoms with van der Waals surface area (Å²) in [4.78, 5) is 16.2. The first kappa shape index (κ1) is 18.5. The second kappa shape index (κ2) is 7.39. The van der Waals surface area contributed by atoms with Gasteiger partial charge in [0.1, 0.15) is 5.71 Å². The van der Waals surface area contributed by atoms with E-state index in [0.29, 0.717) is 31.2 Å². The van der Waals surface area contributed by atoms with Gasteiger partial charge in [-0.1, -0.05) is 36.4 Å². The number of anilines is 1. The first-order valence-corrected chi connectivity index (χ1v) is 11.3. The highest BCUT2D eigenvalue weighted by molar-refractivity contribution is 7.85. The second-order valence-corrected chi connectivity index (χ2v) is 9.15. The standard InChI is InChI=1S/C22H23N3O3S/c1-15-13-28-12-11-24(15)22(26)20-18-14-29(27)19-10-6-5-9-17(19)21(18)25(23-20)16-7-3-2-4-8-16/h2-10,15,18,21H,11-14H2,1H3. The highest BCUT2D eigenvalue weighted by Crippen LogP contribution is 2.45. The van der Waals surface area contributed by atoms with Crippen LogP contribution in [0.5, 0.6) is 0 Å². The fraction of sp³-hybridized carbons (Fsp3) is 0.364. The van der Waals surface area contributed by atoms with Crippen LogP contribution in [0.1, 0.15) is 18.5 Å². The van der Waals surface area contributed by atoms with Crippen LogP contribution in [-0.4, -0.2) is 52.3 Å². The van der Waals surface area contributed by atoms with Crippen molar-refractivity contribution in [1.29, 1.82) is 0 Å². The van der Waals surface area contributed by atoms with Crippen LogP contribution in [0.25, 0.3) is 0 Å². The van der Waals surface area contributed by atoms with Crippen molar-refractivity contribution in [2.75, 3.05) is 30.5 Å². The number of rotatable bonds is 2. The number of fused-ring (bicyclic) bond motifs is 3. The molecule has 1 amide bonds. The van der Waals surface area contributed by atoms with E-state index in [2.05, 4.69) is 0 Å². The van der Waals surface area contributed by atoms with Gasteiger partial charge in [0, 0.05) is 23.1 Å². The zero-order chi connectivity index (χ0) is 20.0. The number of nitrogens with zero attached hydrogens (tertiary/aromatic N) is 3. The lowest BCUT2D eigenvalue weighted by atomic mass is 9.89. The van der Waals surface area contributed by atoms with Crippen LogP contribution in [0.3, 0.4) is 0 Å². The smallest absolute Gasteiger partial charge is 0.270 e. The quantitative estimate of drug-likeness (QED) is 0.765. The van der Waals surface area contributed by atoms with Gasteiger partial charge in [-0.15, -0.1) is 0 Å². The number of ether oxygens (including phenoxy) is 1. The molecule has 3 heterocycles. The summed E-state index contributed by atoms with van der Waals surface area (Å²) in [6.45, 7) is 3.62. The van der Waals surface area contributed by atoms with Gasteiger partial charge < -0.3 is 9.64 Å². The predicted molar refractivity (Wildman–Crippen MR) is 112 cm³/mol. The molecule has 0 saturated carbocycles. The maximum Gasteiger partial charge on any atom is 0.270 e. The summed E-state index contributed by atoms with van der Waals surface area (Å²) < 4.78 is 18.5. The molecule has 6 nitrogen and oxygen atoms in total.